The van der Waals surface area contributed by atoms with Crippen LogP contribution in [-0.4, -0.2) is 13.0 Å². The number of nitriles is 1. The van der Waals surface area contributed by atoms with Crippen molar-refractivity contribution in [3.05, 3.63) is 82.1 Å². The third-order valence-electron chi connectivity index (χ3n) is 4.47. The molecule has 0 saturated carbocycles. The minimum atomic E-state index is -3.73. The number of rotatable bonds is 4. The number of aryl methyl sites for hydroxylation is 1. The molecule has 0 spiro atoms. The van der Waals surface area contributed by atoms with Gasteiger partial charge in [-0.3, -0.25) is 0 Å². The van der Waals surface area contributed by atoms with Gasteiger partial charge in [-0.05, 0) is 73.5 Å². The average molecular weight is 412 g/mol. The highest BCUT2D eigenvalue weighted by molar-refractivity contribution is 7.89. The molecule has 7 heteroatoms. The van der Waals surface area contributed by atoms with Gasteiger partial charge in [0.1, 0.15) is 0 Å². The van der Waals surface area contributed by atoms with Crippen LogP contribution < -0.4 is 5.14 Å². The van der Waals surface area contributed by atoms with Gasteiger partial charge in [0, 0.05) is 22.1 Å². The fourth-order valence-electron chi connectivity index (χ4n) is 3.08. The number of sulfonamides is 1. The van der Waals surface area contributed by atoms with Crippen LogP contribution >= 0.6 is 11.6 Å². The Kier molecular flexibility index (Phi) is 5.43. The van der Waals surface area contributed by atoms with Gasteiger partial charge < -0.3 is 4.57 Å². The summed E-state index contributed by atoms with van der Waals surface area (Å²) in [7, 11) is -3.73. The molecule has 0 aliphatic carbocycles. The maximum Gasteiger partial charge on any atom is 0.238 e. The molecule has 0 unspecified atom stereocenters. The number of benzene rings is 2. The zero-order chi connectivity index (χ0) is 20.5. The minimum Gasteiger partial charge on any atom is -0.318 e. The number of nitrogens with two attached hydrogens (primary N) is 1. The summed E-state index contributed by atoms with van der Waals surface area (Å²) in [6, 6.07) is 17.7. The van der Waals surface area contributed by atoms with E-state index in [1.807, 2.05) is 42.7 Å². The molecule has 0 saturated heterocycles. The molecule has 0 atom stereocenters. The molecule has 5 nitrogen and oxygen atoms in total. The van der Waals surface area contributed by atoms with Gasteiger partial charge in [-0.1, -0.05) is 23.7 Å². The second-order valence-corrected chi connectivity index (χ2v) is 8.38. The number of allylic oxidation sites excluding steroid dienone is 1. The van der Waals surface area contributed by atoms with E-state index in [1.165, 1.54) is 12.1 Å². The van der Waals surface area contributed by atoms with E-state index in [0.717, 1.165) is 28.2 Å². The van der Waals surface area contributed by atoms with E-state index in [1.54, 1.807) is 24.3 Å². The third kappa shape index (κ3) is 4.02. The highest BCUT2D eigenvalue weighted by Crippen LogP contribution is 2.26. The van der Waals surface area contributed by atoms with Crippen LogP contribution in [0.25, 0.3) is 17.3 Å². The van der Waals surface area contributed by atoms with Gasteiger partial charge in [0.15, 0.2) is 0 Å². The lowest BCUT2D eigenvalue weighted by atomic mass is 10.0. The predicted octanol–water partition coefficient (Wildman–Crippen LogP) is 4.46. The van der Waals surface area contributed by atoms with E-state index in [4.69, 9.17) is 16.7 Å². The van der Waals surface area contributed by atoms with Gasteiger partial charge in [0.05, 0.1) is 16.5 Å². The first-order valence-electron chi connectivity index (χ1n) is 8.40. The lowest BCUT2D eigenvalue weighted by Gasteiger charge is -2.10. The second kappa shape index (κ2) is 7.64. The molecule has 0 fully saturated rings. The van der Waals surface area contributed by atoms with Crippen LogP contribution in [0.15, 0.2) is 59.5 Å². The van der Waals surface area contributed by atoms with Crippen molar-refractivity contribution in [1.29, 1.82) is 5.26 Å². The molecular weight excluding hydrogens is 394 g/mol. The molecule has 0 aliphatic heterocycles. The lowest BCUT2D eigenvalue weighted by molar-refractivity contribution is 0.598. The SMILES string of the molecule is Cc1cc(/C=C(/C#N)c2ccc(Cl)cc2)c(C)n1-c1ccc(S(N)(=O)=O)cc1. The first kappa shape index (κ1) is 19.9. The minimum absolute atomic E-state index is 0.0633. The first-order valence-corrected chi connectivity index (χ1v) is 10.3. The van der Waals surface area contributed by atoms with Crippen LogP contribution in [0.4, 0.5) is 0 Å². The van der Waals surface area contributed by atoms with E-state index < -0.39 is 10.0 Å². The maximum absolute atomic E-state index is 11.5. The topological polar surface area (TPSA) is 88.9 Å². The second-order valence-electron chi connectivity index (χ2n) is 6.38. The molecule has 0 aliphatic rings. The molecule has 1 heterocycles. The van der Waals surface area contributed by atoms with Crippen LogP contribution in [0.5, 0.6) is 0 Å². The summed E-state index contributed by atoms with van der Waals surface area (Å²) >= 11 is 5.92. The fraction of sp³-hybridized carbons (Fsp3) is 0.0952. The monoisotopic (exact) mass is 411 g/mol. The van der Waals surface area contributed by atoms with Crippen molar-refractivity contribution in [2.24, 2.45) is 5.14 Å². The van der Waals surface area contributed by atoms with Gasteiger partial charge >= 0.3 is 0 Å². The van der Waals surface area contributed by atoms with Crippen molar-refractivity contribution >= 4 is 33.3 Å². The summed E-state index contributed by atoms with van der Waals surface area (Å²) in [6.45, 7) is 3.90. The maximum atomic E-state index is 11.5. The summed E-state index contributed by atoms with van der Waals surface area (Å²) in [5.74, 6) is 0. The van der Waals surface area contributed by atoms with Crippen LogP contribution in [0, 0.1) is 25.2 Å². The van der Waals surface area contributed by atoms with Crippen molar-refractivity contribution in [1.82, 2.24) is 4.57 Å². The fourth-order valence-corrected chi connectivity index (χ4v) is 3.72. The Morgan fingerprint density at radius 1 is 1.11 bits per heavy atom. The molecule has 1 aromatic heterocycles. The molecule has 0 bridgehead atoms. The number of aromatic nitrogens is 1. The number of halogens is 1. The predicted molar refractivity (Wildman–Crippen MR) is 112 cm³/mol. The van der Waals surface area contributed by atoms with E-state index in [2.05, 4.69) is 6.07 Å². The quantitative estimate of drug-likeness (QED) is 0.642. The van der Waals surface area contributed by atoms with Gasteiger partial charge in [0.25, 0.3) is 0 Å². The van der Waals surface area contributed by atoms with Crippen LogP contribution in [-0.2, 0) is 10.0 Å². The Bertz CT molecular complexity index is 1200. The zero-order valence-electron chi connectivity index (χ0n) is 15.3. The molecule has 2 aromatic carbocycles. The molecular formula is C21H18ClN3O2S. The standard InChI is InChI=1S/C21H18ClN3O2S/c1-14-11-17(12-18(13-23)16-3-5-19(22)6-4-16)15(2)25(14)20-7-9-21(10-8-20)28(24,26)27/h3-12H,1-2H3,(H2,24,26,27)/b18-12-. The molecule has 28 heavy (non-hydrogen) atoms. The van der Waals surface area contributed by atoms with Crippen LogP contribution in [0.1, 0.15) is 22.5 Å². The van der Waals surface area contributed by atoms with Crippen molar-refractivity contribution in [3.8, 4) is 11.8 Å². The average Bonchev–Trinajstić information content (AvgIpc) is 2.93. The molecule has 3 aromatic rings. The summed E-state index contributed by atoms with van der Waals surface area (Å²) < 4.78 is 24.9. The summed E-state index contributed by atoms with van der Waals surface area (Å²) in [4.78, 5) is 0.0633. The number of hydrogen-bond donors (Lipinski definition) is 1. The lowest BCUT2D eigenvalue weighted by Crippen LogP contribution is -2.12. The number of primary sulfonamides is 1. The van der Waals surface area contributed by atoms with Gasteiger partial charge in [0.2, 0.25) is 10.0 Å². The summed E-state index contributed by atoms with van der Waals surface area (Å²) in [6.07, 6.45) is 1.83. The van der Waals surface area contributed by atoms with Crippen LogP contribution in [0.3, 0.4) is 0 Å². The highest BCUT2D eigenvalue weighted by Gasteiger charge is 2.13. The van der Waals surface area contributed by atoms with E-state index in [9.17, 15) is 13.7 Å². The Morgan fingerprint density at radius 3 is 2.25 bits per heavy atom. The van der Waals surface area contributed by atoms with Crippen molar-refractivity contribution in [3.63, 3.8) is 0 Å². The van der Waals surface area contributed by atoms with E-state index in [0.29, 0.717) is 10.6 Å². The highest BCUT2D eigenvalue weighted by atomic mass is 35.5. The van der Waals surface area contributed by atoms with Crippen molar-refractivity contribution in [2.45, 2.75) is 18.7 Å². The molecule has 3 rings (SSSR count). The summed E-state index contributed by atoms with van der Waals surface area (Å²) in [5, 5.41) is 15.4. The normalized spacial score (nSPS) is 12.0. The Morgan fingerprint density at radius 2 is 1.71 bits per heavy atom. The Balaban J connectivity index is 2.04. The number of nitrogens with zero attached hydrogens (tertiary/aromatic N) is 2. The third-order valence-corrected chi connectivity index (χ3v) is 5.65. The molecule has 0 radical (unpaired) electrons. The van der Waals surface area contributed by atoms with Gasteiger partial charge in [-0.15, -0.1) is 0 Å². The molecule has 0 amide bonds. The van der Waals surface area contributed by atoms with Gasteiger partial charge in [-0.25, -0.2) is 13.6 Å². The smallest absolute Gasteiger partial charge is 0.238 e. The first-order chi connectivity index (χ1) is 13.2. The summed E-state index contributed by atoms with van der Waals surface area (Å²) in [5.41, 5.74) is 4.92. The van der Waals surface area contributed by atoms with E-state index >= 15 is 0 Å². The van der Waals surface area contributed by atoms with Crippen molar-refractivity contribution in [2.75, 3.05) is 0 Å². The van der Waals surface area contributed by atoms with Crippen LogP contribution in [0.2, 0.25) is 5.02 Å². The Labute approximate surface area is 169 Å². The van der Waals surface area contributed by atoms with Gasteiger partial charge in [-0.2, -0.15) is 5.26 Å². The number of hydrogen-bond acceptors (Lipinski definition) is 3. The van der Waals surface area contributed by atoms with E-state index in [-0.39, 0.29) is 4.90 Å². The zero-order valence-corrected chi connectivity index (χ0v) is 16.9. The largest absolute Gasteiger partial charge is 0.318 e. The van der Waals surface area contributed by atoms with Crippen molar-refractivity contribution < 1.29 is 8.42 Å². The molecule has 2 N–H and O–H groups in total. The Hall–Kier alpha value is -2.85. The molecule has 142 valence electrons.